The summed E-state index contributed by atoms with van der Waals surface area (Å²) in [6, 6.07) is 17.0. The number of anilines is 1. The Morgan fingerprint density at radius 2 is 1.66 bits per heavy atom. The highest BCUT2D eigenvalue weighted by Gasteiger charge is 2.17. The summed E-state index contributed by atoms with van der Waals surface area (Å²) in [6.45, 7) is 1.79. The van der Waals surface area contributed by atoms with E-state index in [4.69, 9.17) is 33.6 Å². The lowest BCUT2D eigenvalue weighted by Crippen LogP contribution is -2.14. The van der Waals surface area contributed by atoms with E-state index in [1.54, 1.807) is 37.3 Å². The maximum Gasteiger partial charge on any atom is 0.335 e. The van der Waals surface area contributed by atoms with Crippen LogP contribution in [0.25, 0.3) is 11.1 Å². The van der Waals surface area contributed by atoms with Crippen molar-refractivity contribution in [1.29, 1.82) is 5.26 Å². The summed E-state index contributed by atoms with van der Waals surface area (Å²) in [5, 5.41) is 20.9. The zero-order valence-electron chi connectivity index (χ0n) is 15.2. The van der Waals surface area contributed by atoms with Gasteiger partial charge in [0, 0.05) is 5.56 Å². The molecule has 0 fully saturated rings. The van der Waals surface area contributed by atoms with E-state index in [9.17, 15) is 9.59 Å². The fourth-order valence-electron chi connectivity index (χ4n) is 2.81. The van der Waals surface area contributed by atoms with Gasteiger partial charge >= 0.3 is 5.97 Å². The van der Waals surface area contributed by atoms with Crippen LogP contribution < -0.4 is 5.32 Å². The summed E-state index contributed by atoms with van der Waals surface area (Å²) in [4.78, 5) is 24.0. The highest BCUT2D eigenvalue weighted by Crippen LogP contribution is 2.33. The topological polar surface area (TPSA) is 90.2 Å². The Bertz CT molecular complexity index is 1160. The number of aryl methyl sites for hydroxylation is 1. The predicted molar refractivity (Wildman–Crippen MR) is 113 cm³/mol. The quantitative estimate of drug-likeness (QED) is 0.554. The normalized spacial score (nSPS) is 10.3. The molecule has 0 bridgehead atoms. The third-order valence-corrected chi connectivity index (χ3v) is 4.93. The molecule has 29 heavy (non-hydrogen) atoms. The second-order valence-electron chi connectivity index (χ2n) is 6.30. The lowest BCUT2D eigenvalue weighted by Gasteiger charge is -2.13. The second kappa shape index (κ2) is 8.36. The number of benzene rings is 3. The van der Waals surface area contributed by atoms with E-state index in [0.717, 1.165) is 16.7 Å². The maximum atomic E-state index is 12.9. The Morgan fingerprint density at radius 1 is 1.00 bits per heavy atom. The van der Waals surface area contributed by atoms with Crippen LogP contribution in [0.1, 0.15) is 31.8 Å². The molecule has 0 radical (unpaired) electrons. The van der Waals surface area contributed by atoms with Gasteiger partial charge in [0.1, 0.15) is 0 Å². The van der Waals surface area contributed by atoms with Crippen LogP contribution in [0.4, 0.5) is 5.69 Å². The Hall–Kier alpha value is -3.33. The molecule has 0 atom stereocenters. The van der Waals surface area contributed by atoms with Gasteiger partial charge in [-0.05, 0) is 53.9 Å². The van der Waals surface area contributed by atoms with E-state index in [-0.39, 0.29) is 21.3 Å². The van der Waals surface area contributed by atoms with Crippen LogP contribution in [0, 0.1) is 18.3 Å². The number of aromatic carboxylic acids is 1. The summed E-state index contributed by atoms with van der Waals surface area (Å²) < 4.78 is 0. The Balaban J connectivity index is 1.96. The number of amides is 1. The van der Waals surface area contributed by atoms with Crippen LogP contribution >= 0.6 is 23.2 Å². The van der Waals surface area contributed by atoms with Crippen LogP contribution in [0.2, 0.25) is 10.0 Å². The molecular weight excluding hydrogens is 411 g/mol. The molecule has 0 spiro atoms. The number of hydrogen-bond acceptors (Lipinski definition) is 3. The van der Waals surface area contributed by atoms with Crippen LogP contribution in [0.15, 0.2) is 54.6 Å². The molecule has 0 saturated heterocycles. The number of nitriles is 1. The molecule has 0 saturated carbocycles. The van der Waals surface area contributed by atoms with Crippen LogP contribution in [0.5, 0.6) is 0 Å². The number of rotatable bonds is 4. The first-order valence-electron chi connectivity index (χ1n) is 8.45. The van der Waals surface area contributed by atoms with Gasteiger partial charge in [0.15, 0.2) is 0 Å². The third-order valence-electron chi connectivity index (χ3n) is 4.33. The van der Waals surface area contributed by atoms with Gasteiger partial charge in [-0.1, -0.05) is 47.5 Å². The number of halogens is 2. The van der Waals surface area contributed by atoms with Crippen molar-refractivity contribution in [2.45, 2.75) is 6.92 Å². The zero-order chi connectivity index (χ0) is 21.1. The number of nitrogens with one attached hydrogen (secondary N) is 1. The van der Waals surface area contributed by atoms with E-state index < -0.39 is 11.9 Å². The molecule has 0 aromatic heterocycles. The minimum absolute atomic E-state index is 0.0266. The number of hydrogen-bond donors (Lipinski definition) is 2. The smallest absolute Gasteiger partial charge is 0.335 e. The van der Waals surface area contributed by atoms with Gasteiger partial charge in [-0.2, -0.15) is 5.26 Å². The standard InChI is InChI=1S/C22H14Cl2N2O3/c1-12-5-6-15(14-4-2-3-13(7-14)11-25)8-17(12)21(27)26-20-18(23)9-16(22(28)29)10-19(20)24/h2-10H,1H3,(H,26,27)(H,28,29). The summed E-state index contributed by atoms with van der Waals surface area (Å²) >= 11 is 12.2. The van der Waals surface area contributed by atoms with Gasteiger partial charge in [-0.15, -0.1) is 0 Å². The number of carbonyl (C=O) groups is 2. The summed E-state index contributed by atoms with van der Waals surface area (Å²) in [5.74, 6) is -1.61. The summed E-state index contributed by atoms with van der Waals surface area (Å²) in [7, 11) is 0. The lowest BCUT2D eigenvalue weighted by molar-refractivity contribution is 0.0696. The van der Waals surface area contributed by atoms with Gasteiger partial charge < -0.3 is 10.4 Å². The van der Waals surface area contributed by atoms with Crippen molar-refractivity contribution >= 4 is 40.8 Å². The molecule has 3 rings (SSSR count). The lowest BCUT2D eigenvalue weighted by atomic mass is 9.98. The number of carbonyl (C=O) groups excluding carboxylic acids is 1. The second-order valence-corrected chi connectivity index (χ2v) is 7.11. The van der Waals surface area contributed by atoms with Crippen molar-refractivity contribution in [1.82, 2.24) is 0 Å². The highest BCUT2D eigenvalue weighted by molar-refractivity contribution is 6.40. The molecule has 5 nitrogen and oxygen atoms in total. The van der Waals surface area contributed by atoms with E-state index >= 15 is 0 Å². The van der Waals surface area contributed by atoms with E-state index in [1.807, 2.05) is 12.1 Å². The minimum atomic E-state index is -1.17. The molecule has 0 aliphatic rings. The molecule has 0 aliphatic carbocycles. The van der Waals surface area contributed by atoms with E-state index in [1.165, 1.54) is 12.1 Å². The first-order valence-corrected chi connectivity index (χ1v) is 9.20. The van der Waals surface area contributed by atoms with Gasteiger partial charge in [0.05, 0.1) is 32.9 Å². The minimum Gasteiger partial charge on any atom is -0.478 e. The molecule has 2 N–H and O–H groups in total. The molecule has 0 unspecified atom stereocenters. The van der Waals surface area contributed by atoms with Crippen molar-refractivity contribution in [2.24, 2.45) is 0 Å². The molecule has 3 aromatic carbocycles. The Kier molecular flexibility index (Phi) is 5.88. The molecule has 0 aliphatic heterocycles. The Morgan fingerprint density at radius 3 is 2.28 bits per heavy atom. The van der Waals surface area contributed by atoms with Crippen LogP contribution in [-0.2, 0) is 0 Å². The van der Waals surface area contributed by atoms with Crippen LogP contribution in [0.3, 0.4) is 0 Å². The molecule has 0 heterocycles. The molecule has 3 aromatic rings. The zero-order valence-corrected chi connectivity index (χ0v) is 16.7. The monoisotopic (exact) mass is 424 g/mol. The molecule has 7 heteroatoms. The van der Waals surface area contributed by atoms with Crippen molar-refractivity contribution in [3.8, 4) is 17.2 Å². The third kappa shape index (κ3) is 4.40. The average Bonchev–Trinajstić information content (AvgIpc) is 2.70. The van der Waals surface area contributed by atoms with Crippen molar-refractivity contribution in [3.05, 3.63) is 86.9 Å². The largest absolute Gasteiger partial charge is 0.478 e. The maximum absolute atomic E-state index is 12.9. The van der Waals surface area contributed by atoms with E-state index in [0.29, 0.717) is 11.1 Å². The molecular formula is C22H14Cl2N2O3. The number of nitrogens with zero attached hydrogens (tertiary/aromatic N) is 1. The fraction of sp³-hybridized carbons (Fsp3) is 0.0455. The first-order chi connectivity index (χ1) is 13.8. The first kappa shape index (κ1) is 20.4. The van der Waals surface area contributed by atoms with Gasteiger partial charge in [-0.3, -0.25) is 4.79 Å². The fourth-order valence-corrected chi connectivity index (χ4v) is 3.39. The predicted octanol–water partition coefficient (Wildman–Crippen LogP) is 5.79. The summed E-state index contributed by atoms with van der Waals surface area (Å²) in [6.07, 6.45) is 0. The van der Waals surface area contributed by atoms with Gasteiger partial charge in [-0.25, -0.2) is 4.79 Å². The average molecular weight is 425 g/mol. The highest BCUT2D eigenvalue weighted by atomic mass is 35.5. The van der Waals surface area contributed by atoms with Crippen molar-refractivity contribution in [2.75, 3.05) is 5.32 Å². The molecule has 144 valence electrons. The van der Waals surface area contributed by atoms with Gasteiger partial charge in [0.25, 0.3) is 5.91 Å². The van der Waals surface area contributed by atoms with E-state index in [2.05, 4.69) is 11.4 Å². The van der Waals surface area contributed by atoms with Gasteiger partial charge in [0.2, 0.25) is 0 Å². The van der Waals surface area contributed by atoms with Crippen molar-refractivity contribution in [3.63, 3.8) is 0 Å². The summed E-state index contributed by atoms with van der Waals surface area (Å²) in [5.41, 5.74) is 3.30. The Labute approximate surface area is 177 Å². The van der Waals surface area contributed by atoms with Crippen LogP contribution in [-0.4, -0.2) is 17.0 Å². The number of carboxylic acids is 1. The number of carboxylic acid groups (broad SMARTS) is 1. The van der Waals surface area contributed by atoms with Crippen molar-refractivity contribution < 1.29 is 14.7 Å². The molecule has 1 amide bonds. The SMILES string of the molecule is Cc1ccc(-c2cccc(C#N)c2)cc1C(=O)Nc1c(Cl)cc(C(=O)O)cc1Cl.